The third kappa shape index (κ3) is 5.00. The van der Waals surface area contributed by atoms with Crippen molar-refractivity contribution in [1.29, 1.82) is 0 Å². The Bertz CT molecular complexity index is 1140. The zero-order valence-electron chi connectivity index (χ0n) is 15.3. The number of carboxylic acid groups (broad SMARTS) is 1. The fourth-order valence-electron chi connectivity index (χ4n) is 2.37. The van der Waals surface area contributed by atoms with Crippen LogP contribution in [0.25, 0.3) is 5.69 Å². The van der Waals surface area contributed by atoms with Gasteiger partial charge in [-0.3, -0.25) is 9.36 Å². The lowest BCUT2D eigenvalue weighted by atomic mass is 10.2. The smallest absolute Gasteiger partial charge is 0.431 e. The zero-order valence-corrected chi connectivity index (χ0v) is 16.9. The predicted octanol–water partition coefficient (Wildman–Crippen LogP) is 3.71. The number of benzene rings is 1. The molecule has 0 saturated heterocycles. The number of ether oxygens (including phenoxy) is 2. The van der Waals surface area contributed by atoms with E-state index in [1.54, 1.807) is 0 Å². The van der Waals surface area contributed by atoms with Crippen LogP contribution in [-0.2, 0) is 22.8 Å². The molecule has 0 fully saturated rings. The van der Waals surface area contributed by atoms with Gasteiger partial charge in [0, 0.05) is 19.2 Å². The molecule has 0 atom stereocenters. The summed E-state index contributed by atoms with van der Waals surface area (Å²) in [6, 6.07) is 2.01. The van der Waals surface area contributed by atoms with Gasteiger partial charge in [0.2, 0.25) is 0 Å². The van der Waals surface area contributed by atoms with Crippen molar-refractivity contribution in [2.24, 2.45) is 7.05 Å². The van der Waals surface area contributed by atoms with Gasteiger partial charge in [-0.2, -0.15) is 13.2 Å². The van der Waals surface area contributed by atoms with Crippen molar-refractivity contribution in [2.75, 3.05) is 13.7 Å². The number of hydrogen-bond donors (Lipinski definition) is 1. The van der Waals surface area contributed by atoms with Crippen LogP contribution in [0.3, 0.4) is 0 Å². The lowest BCUT2D eigenvalue weighted by Crippen LogP contribution is -2.28. The van der Waals surface area contributed by atoms with Crippen molar-refractivity contribution in [3.63, 3.8) is 0 Å². The highest BCUT2D eigenvalue weighted by Gasteiger charge is 2.34. The molecule has 0 aliphatic carbocycles. The molecule has 30 heavy (non-hydrogen) atoms. The number of hydrogen-bond acceptors (Lipinski definition) is 5. The number of aromatic nitrogens is 2. The molecule has 13 heteroatoms. The maximum atomic E-state index is 14.5. The van der Waals surface area contributed by atoms with Crippen molar-refractivity contribution in [2.45, 2.75) is 6.18 Å². The van der Waals surface area contributed by atoms with E-state index in [0.29, 0.717) is 9.13 Å². The van der Waals surface area contributed by atoms with Crippen LogP contribution in [0.15, 0.2) is 34.8 Å². The first kappa shape index (κ1) is 23.4. The number of aliphatic carboxylic acids is 1. The molecule has 0 unspecified atom stereocenters. The average Bonchev–Trinajstić information content (AvgIpc) is 2.63. The molecule has 1 heterocycles. The number of methoxy groups -OCH3 is 1. The molecule has 1 aromatic carbocycles. The van der Waals surface area contributed by atoms with Crippen molar-refractivity contribution in [3.8, 4) is 11.4 Å². The Hall–Kier alpha value is -2.86. The quantitative estimate of drug-likeness (QED) is 0.301. The highest BCUT2D eigenvalue weighted by atomic mass is 35.5. The van der Waals surface area contributed by atoms with Gasteiger partial charge >= 0.3 is 12.1 Å². The zero-order chi connectivity index (χ0) is 22.8. The van der Waals surface area contributed by atoms with Gasteiger partial charge in [0.25, 0.3) is 5.56 Å². The monoisotopic (exact) mass is 468 g/mol. The van der Waals surface area contributed by atoms with Crippen LogP contribution in [0.4, 0.5) is 17.6 Å². The standard InChI is InChI=1S/C17H13ClF4N2O5S/c1-23-13(17(20,21)22)6-14(25)24(16(23)30)11-5-12(9(18)4-10(11)19)29-7-8(28-2)3-15(26)27/h3-6H,7H2,1-2H3,(H,26,27). The molecule has 0 spiro atoms. The van der Waals surface area contributed by atoms with E-state index in [1.165, 1.54) is 7.11 Å². The molecule has 0 saturated carbocycles. The molecule has 7 nitrogen and oxygen atoms in total. The molecule has 0 aliphatic heterocycles. The first-order valence-electron chi connectivity index (χ1n) is 7.86. The van der Waals surface area contributed by atoms with Gasteiger partial charge in [-0.25, -0.2) is 9.18 Å². The van der Waals surface area contributed by atoms with E-state index in [1.807, 2.05) is 0 Å². The van der Waals surface area contributed by atoms with Crippen LogP contribution in [-0.4, -0.2) is 33.9 Å². The van der Waals surface area contributed by atoms with Crippen LogP contribution in [0.5, 0.6) is 5.75 Å². The minimum atomic E-state index is -4.85. The van der Waals surface area contributed by atoms with Crippen molar-refractivity contribution >= 4 is 29.8 Å². The Labute approximate surface area is 176 Å². The SMILES string of the molecule is COC(=CC(=O)O)COc1cc(-n2c(=O)cc(C(F)(F)F)n(C)c2=S)c(F)cc1Cl. The maximum absolute atomic E-state index is 14.5. The van der Waals surface area contributed by atoms with Crippen molar-refractivity contribution in [1.82, 2.24) is 9.13 Å². The van der Waals surface area contributed by atoms with Gasteiger partial charge in [-0.15, -0.1) is 0 Å². The second kappa shape index (κ2) is 8.88. The molecular formula is C17H13ClF4N2O5S. The van der Waals surface area contributed by atoms with Gasteiger partial charge in [0.05, 0.1) is 23.9 Å². The molecular weight excluding hydrogens is 456 g/mol. The van der Waals surface area contributed by atoms with Gasteiger partial charge in [0.15, 0.2) is 4.77 Å². The second-order valence-electron chi connectivity index (χ2n) is 5.72. The fraction of sp³-hybridized carbons (Fsp3) is 0.235. The van der Waals surface area contributed by atoms with Crippen molar-refractivity contribution < 1.29 is 36.9 Å². The Kier molecular flexibility index (Phi) is 6.93. The third-order valence-electron chi connectivity index (χ3n) is 3.77. The van der Waals surface area contributed by atoms with Crippen LogP contribution in [0, 0.1) is 10.6 Å². The molecule has 1 N–H and O–H groups in total. The fourth-order valence-corrected chi connectivity index (χ4v) is 2.86. The van der Waals surface area contributed by atoms with Gasteiger partial charge in [0.1, 0.15) is 29.6 Å². The normalized spacial score (nSPS) is 12.0. The molecule has 0 aliphatic rings. The first-order chi connectivity index (χ1) is 13.9. The summed E-state index contributed by atoms with van der Waals surface area (Å²) in [6.45, 7) is -0.413. The van der Waals surface area contributed by atoms with Gasteiger partial charge < -0.3 is 19.1 Å². The van der Waals surface area contributed by atoms with Crippen LogP contribution >= 0.6 is 23.8 Å². The number of rotatable bonds is 6. The lowest BCUT2D eigenvalue weighted by Gasteiger charge is -2.17. The summed E-state index contributed by atoms with van der Waals surface area (Å²) < 4.78 is 64.2. The number of nitrogens with zero attached hydrogens (tertiary/aromatic N) is 2. The average molecular weight is 469 g/mol. The van der Waals surface area contributed by atoms with Gasteiger partial charge in [-0.1, -0.05) is 11.6 Å². The summed E-state index contributed by atoms with van der Waals surface area (Å²) in [5, 5.41) is 8.50. The van der Waals surface area contributed by atoms with E-state index in [-0.39, 0.29) is 22.6 Å². The third-order valence-corrected chi connectivity index (χ3v) is 4.52. The summed E-state index contributed by atoms with van der Waals surface area (Å²) in [6.07, 6.45) is -4.12. The van der Waals surface area contributed by atoms with E-state index in [2.05, 4.69) is 0 Å². The molecule has 162 valence electrons. The van der Waals surface area contributed by atoms with Crippen LogP contribution < -0.4 is 10.3 Å². The molecule has 0 bridgehead atoms. The Morgan fingerprint density at radius 1 is 1.33 bits per heavy atom. The topological polar surface area (TPSA) is 82.7 Å². The summed E-state index contributed by atoms with van der Waals surface area (Å²) in [4.78, 5) is 23.0. The van der Waals surface area contributed by atoms with E-state index in [4.69, 9.17) is 38.4 Å². The largest absolute Gasteiger partial charge is 0.497 e. The highest BCUT2D eigenvalue weighted by molar-refractivity contribution is 7.71. The number of halogens is 5. The Morgan fingerprint density at radius 3 is 2.50 bits per heavy atom. The molecule has 0 amide bonds. The highest BCUT2D eigenvalue weighted by Crippen LogP contribution is 2.31. The Morgan fingerprint density at radius 2 is 1.97 bits per heavy atom. The van der Waals surface area contributed by atoms with Crippen LogP contribution in [0.2, 0.25) is 5.02 Å². The molecule has 2 aromatic rings. The lowest BCUT2D eigenvalue weighted by molar-refractivity contribution is -0.143. The van der Waals surface area contributed by atoms with E-state index < -0.39 is 46.3 Å². The number of carboxylic acids is 1. The first-order valence-corrected chi connectivity index (χ1v) is 8.65. The van der Waals surface area contributed by atoms with E-state index >= 15 is 0 Å². The minimum absolute atomic E-state index is 0.105. The molecule has 1 aromatic heterocycles. The van der Waals surface area contributed by atoms with E-state index in [9.17, 15) is 27.2 Å². The maximum Gasteiger partial charge on any atom is 0.431 e. The summed E-state index contributed by atoms with van der Waals surface area (Å²) in [5.41, 5.74) is -3.03. The number of carbonyl (C=O) groups is 1. The Balaban J connectivity index is 2.58. The van der Waals surface area contributed by atoms with Crippen LogP contribution in [0.1, 0.15) is 5.69 Å². The summed E-state index contributed by atoms with van der Waals surface area (Å²) in [5.74, 6) is -2.65. The predicted molar refractivity (Wildman–Crippen MR) is 100 cm³/mol. The van der Waals surface area contributed by atoms with Gasteiger partial charge in [-0.05, 0) is 18.3 Å². The summed E-state index contributed by atoms with van der Waals surface area (Å²) in [7, 11) is 2.18. The minimum Gasteiger partial charge on any atom is -0.497 e. The van der Waals surface area contributed by atoms with E-state index in [0.717, 1.165) is 25.3 Å². The van der Waals surface area contributed by atoms with Crippen molar-refractivity contribution in [3.05, 3.63) is 61.7 Å². The molecule has 0 radical (unpaired) electrons. The second-order valence-corrected chi connectivity index (χ2v) is 6.49. The molecule has 2 rings (SSSR count). The summed E-state index contributed by atoms with van der Waals surface area (Å²) >= 11 is 10.8. The number of alkyl halides is 3.